The van der Waals surface area contributed by atoms with Gasteiger partial charge in [-0.05, 0) is 37.4 Å². The zero-order chi connectivity index (χ0) is 12.3. The Morgan fingerprint density at radius 1 is 1.41 bits per heavy atom. The molecule has 0 radical (unpaired) electrons. The summed E-state index contributed by atoms with van der Waals surface area (Å²) in [4.78, 5) is 14.2. The average molecular weight is 256 g/mol. The summed E-state index contributed by atoms with van der Waals surface area (Å²) in [5, 5.41) is 3.16. The summed E-state index contributed by atoms with van der Waals surface area (Å²) in [5.41, 5.74) is 0. The maximum absolute atomic E-state index is 12.1. The Hall–Kier alpha value is -0.380. The van der Waals surface area contributed by atoms with Crippen molar-refractivity contribution in [2.75, 3.05) is 25.1 Å². The predicted molar refractivity (Wildman–Crippen MR) is 73.4 cm³/mol. The van der Waals surface area contributed by atoms with Crippen molar-refractivity contribution in [3.05, 3.63) is 0 Å². The Morgan fingerprint density at radius 3 is 2.59 bits per heavy atom. The molecule has 0 aromatic carbocycles. The fourth-order valence-electron chi connectivity index (χ4n) is 3.13. The van der Waals surface area contributed by atoms with Gasteiger partial charge in [0.05, 0.1) is 0 Å². The lowest BCUT2D eigenvalue weighted by Crippen LogP contribution is -2.45. The van der Waals surface area contributed by atoms with E-state index in [4.69, 9.17) is 0 Å². The number of likely N-dealkylation sites (tertiary alicyclic amines) is 1. The molecule has 1 aliphatic heterocycles. The van der Waals surface area contributed by atoms with Crippen LogP contribution in [0.2, 0.25) is 0 Å². The smallest absolute Gasteiger partial charge is 0.317 e. The van der Waals surface area contributed by atoms with Crippen molar-refractivity contribution in [2.45, 2.75) is 38.6 Å². The number of rotatable bonds is 4. The van der Waals surface area contributed by atoms with E-state index in [9.17, 15) is 4.79 Å². The van der Waals surface area contributed by atoms with E-state index in [1.165, 1.54) is 19.3 Å². The highest BCUT2D eigenvalue weighted by molar-refractivity contribution is 7.98. The SMILES string of the molecule is CC[C@H](CSC)NC(=O)N1C[C@H]2CCC[C@@H]2C1. The number of hydrogen-bond acceptors (Lipinski definition) is 2. The summed E-state index contributed by atoms with van der Waals surface area (Å²) in [6.07, 6.45) is 7.14. The predicted octanol–water partition coefficient (Wildman–Crippen LogP) is 2.57. The lowest BCUT2D eigenvalue weighted by atomic mass is 10.0. The lowest BCUT2D eigenvalue weighted by molar-refractivity contribution is 0.201. The molecular formula is C13H24N2OS. The third-order valence-electron chi connectivity index (χ3n) is 4.20. The maximum atomic E-state index is 12.1. The number of nitrogens with zero attached hydrogens (tertiary/aromatic N) is 1. The Bertz CT molecular complexity index is 260. The van der Waals surface area contributed by atoms with E-state index in [0.717, 1.165) is 37.1 Å². The summed E-state index contributed by atoms with van der Waals surface area (Å²) in [6.45, 7) is 4.12. The fraction of sp³-hybridized carbons (Fsp3) is 0.923. The molecule has 2 rings (SSSR count). The van der Waals surface area contributed by atoms with Gasteiger partial charge in [-0.25, -0.2) is 4.79 Å². The summed E-state index contributed by atoms with van der Waals surface area (Å²) in [6, 6.07) is 0.498. The minimum absolute atomic E-state index is 0.167. The molecule has 2 aliphatic rings. The number of thioether (sulfide) groups is 1. The first kappa shape index (κ1) is 13.1. The van der Waals surface area contributed by atoms with Crippen LogP contribution in [0.5, 0.6) is 0 Å². The number of nitrogens with one attached hydrogen (secondary N) is 1. The van der Waals surface area contributed by atoms with Crippen LogP contribution in [0.15, 0.2) is 0 Å². The van der Waals surface area contributed by atoms with E-state index in [-0.39, 0.29) is 6.03 Å². The molecule has 4 heteroatoms. The molecule has 98 valence electrons. The first-order valence-electron chi connectivity index (χ1n) is 6.79. The molecular weight excluding hydrogens is 232 g/mol. The highest BCUT2D eigenvalue weighted by atomic mass is 32.2. The van der Waals surface area contributed by atoms with Crippen molar-refractivity contribution in [1.82, 2.24) is 10.2 Å². The first-order valence-corrected chi connectivity index (χ1v) is 8.18. The van der Waals surface area contributed by atoms with Crippen molar-refractivity contribution < 1.29 is 4.79 Å². The lowest BCUT2D eigenvalue weighted by Gasteiger charge is -2.22. The van der Waals surface area contributed by atoms with Gasteiger partial charge in [-0.2, -0.15) is 11.8 Å². The van der Waals surface area contributed by atoms with E-state index < -0.39 is 0 Å². The number of carbonyl (C=O) groups excluding carboxylic acids is 1. The van der Waals surface area contributed by atoms with Crippen LogP contribution in [-0.4, -0.2) is 42.1 Å². The summed E-state index contributed by atoms with van der Waals surface area (Å²) in [7, 11) is 0. The number of hydrogen-bond donors (Lipinski definition) is 1. The normalized spacial score (nSPS) is 29.2. The number of urea groups is 1. The van der Waals surface area contributed by atoms with Crippen LogP contribution in [0, 0.1) is 11.8 Å². The van der Waals surface area contributed by atoms with Crippen LogP contribution in [0.3, 0.4) is 0 Å². The van der Waals surface area contributed by atoms with Gasteiger partial charge in [0.1, 0.15) is 0 Å². The van der Waals surface area contributed by atoms with Crippen LogP contribution in [0.1, 0.15) is 32.6 Å². The molecule has 1 saturated carbocycles. The molecule has 2 amide bonds. The second-order valence-corrected chi connectivity index (χ2v) is 6.28. The van der Waals surface area contributed by atoms with Crippen molar-refractivity contribution >= 4 is 17.8 Å². The molecule has 0 aromatic rings. The van der Waals surface area contributed by atoms with Crippen LogP contribution < -0.4 is 5.32 Å². The molecule has 0 spiro atoms. The molecule has 1 heterocycles. The third kappa shape index (κ3) is 3.09. The molecule has 3 atom stereocenters. The van der Waals surface area contributed by atoms with Gasteiger partial charge in [0.15, 0.2) is 0 Å². The molecule has 1 aliphatic carbocycles. The Morgan fingerprint density at radius 2 is 2.06 bits per heavy atom. The van der Waals surface area contributed by atoms with Crippen molar-refractivity contribution in [3.63, 3.8) is 0 Å². The zero-order valence-electron chi connectivity index (χ0n) is 10.9. The summed E-state index contributed by atoms with van der Waals surface area (Å²) >= 11 is 1.80. The van der Waals surface area contributed by atoms with Gasteiger partial charge in [0, 0.05) is 24.9 Å². The number of carbonyl (C=O) groups is 1. The van der Waals surface area contributed by atoms with Gasteiger partial charge in [-0.15, -0.1) is 0 Å². The third-order valence-corrected chi connectivity index (χ3v) is 4.94. The molecule has 3 nitrogen and oxygen atoms in total. The summed E-state index contributed by atoms with van der Waals surface area (Å²) in [5.74, 6) is 2.60. The van der Waals surface area contributed by atoms with Gasteiger partial charge in [-0.3, -0.25) is 0 Å². The Kier molecular flexibility index (Phi) is 4.60. The monoisotopic (exact) mass is 256 g/mol. The highest BCUT2D eigenvalue weighted by Crippen LogP contribution is 2.37. The van der Waals surface area contributed by atoms with Crippen LogP contribution in [0.4, 0.5) is 4.79 Å². The van der Waals surface area contributed by atoms with E-state index in [1.54, 1.807) is 11.8 Å². The van der Waals surface area contributed by atoms with Crippen molar-refractivity contribution in [1.29, 1.82) is 0 Å². The molecule has 2 fully saturated rings. The maximum Gasteiger partial charge on any atom is 0.317 e. The molecule has 0 bridgehead atoms. The standard InChI is InChI=1S/C13H24N2OS/c1-3-12(9-17-2)14-13(16)15-7-10-5-4-6-11(10)8-15/h10-12H,3-9H2,1-2H3,(H,14,16)/t10-,11-,12-/m1/s1. The average Bonchev–Trinajstić information content (AvgIpc) is 2.88. The number of fused-ring (bicyclic) bond motifs is 1. The van der Waals surface area contributed by atoms with Crippen molar-refractivity contribution in [3.8, 4) is 0 Å². The van der Waals surface area contributed by atoms with Gasteiger partial charge >= 0.3 is 6.03 Å². The fourth-order valence-corrected chi connectivity index (χ4v) is 3.85. The second-order valence-electron chi connectivity index (χ2n) is 5.37. The molecule has 0 unspecified atom stereocenters. The zero-order valence-corrected chi connectivity index (χ0v) is 11.8. The Labute approximate surface area is 109 Å². The van der Waals surface area contributed by atoms with E-state index in [1.807, 2.05) is 4.90 Å². The van der Waals surface area contributed by atoms with Crippen molar-refractivity contribution in [2.24, 2.45) is 11.8 Å². The minimum atomic E-state index is 0.167. The number of amides is 2. The van der Waals surface area contributed by atoms with Gasteiger partial charge in [0.25, 0.3) is 0 Å². The molecule has 0 aromatic heterocycles. The van der Waals surface area contributed by atoms with Crippen LogP contribution >= 0.6 is 11.8 Å². The Balaban J connectivity index is 1.80. The highest BCUT2D eigenvalue weighted by Gasteiger charge is 2.38. The quantitative estimate of drug-likeness (QED) is 0.838. The molecule has 1 saturated heterocycles. The van der Waals surface area contributed by atoms with E-state index in [0.29, 0.717) is 6.04 Å². The van der Waals surface area contributed by atoms with Crippen LogP contribution in [-0.2, 0) is 0 Å². The van der Waals surface area contributed by atoms with Gasteiger partial charge < -0.3 is 10.2 Å². The van der Waals surface area contributed by atoms with E-state index in [2.05, 4.69) is 18.5 Å². The van der Waals surface area contributed by atoms with E-state index >= 15 is 0 Å². The van der Waals surface area contributed by atoms with Gasteiger partial charge in [-0.1, -0.05) is 13.3 Å². The largest absolute Gasteiger partial charge is 0.334 e. The molecule has 17 heavy (non-hydrogen) atoms. The van der Waals surface area contributed by atoms with Crippen LogP contribution in [0.25, 0.3) is 0 Å². The minimum Gasteiger partial charge on any atom is -0.334 e. The second kappa shape index (κ2) is 5.98. The van der Waals surface area contributed by atoms with Gasteiger partial charge in [0.2, 0.25) is 0 Å². The molecule has 1 N–H and O–H groups in total. The first-order chi connectivity index (χ1) is 8.24. The summed E-state index contributed by atoms with van der Waals surface area (Å²) < 4.78 is 0. The topological polar surface area (TPSA) is 32.3 Å².